The summed E-state index contributed by atoms with van der Waals surface area (Å²) in [7, 11) is 0. The Labute approximate surface area is 166 Å². The summed E-state index contributed by atoms with van der Waals surface area (Å²) in [6.45, 7) is 3.76. The second-order valence-corrected chi connectivity index (χ2v) is 7.62. The van der Waals surface area contributed by atoms with Crippen LogP contribution in [-0.2, 0) is 4.79 Å². The number of amides is 1. The SMILES string of the molecule is Cc1nc(SCC(=O)NC(C)c2ccc(Cl)c(Cl)c2)c2ccccc2n1. The third kappa shape index (κ3) is 4.47. The number of para-hydroxylation sites is 1. The van der Waals surface area contributed by atoms with Crippen LogP contribution in [0.4, 0.5) is 0 Å². The average molecular weight is 406 g/mol. The van der Waals surface area contributed by atoms with Crippen molar-refractivity contribution in [3.05, 3.63) is 63.9 Å². The maximum absolute atomic E-state index is 12.3. The molecule has 1 N–H and O–H groups in total. The molecule has 1 atom stereocenters. The first-order chi connectivity index (χ1) is 12.4. The van der Waals surface area contributed by atoms with Crippen molar-refractivity contribution in [1.82, 2.24) is 15.3 Å². The molecule has 0 aliphatic rings. The third-order valence-corrected chi connectivity index (χ3v) is 5.57. The molecule has 0 saturated carbocycles. The fourth-order valence-electron chi connectivity index (χ4n) is 2.55. The first-order valence-corrected chi connectivity index (χ1v) is 9.78. The summed E-state index contributed by atoms with van der Waals surface area (Å²) >= 11 is 13.4. The predicted octanol–water partition coefficient (Wildman–Crippen LogP) is 5.21. The van der Waals surface area contributed by atoms with Gasteiger partial charge in [-0.2, -0.15) is 0 Å². The van der Waals surface area contributed by atoms with Crippen LogP contribution in [-0.4, -0.2) is 21.6 Å². The Morgan fingerprint density at radius 1 is 1.15 bits per heavy atom. The van der Waals surface area contributed by atoms with E-state index in [4.69, 9.17) is 23.2 Å². The van der Waals surface area contributed by atoms with Crippen LogP contribution in [0.2, 0.25) is 10.0 Å². The van der Waals surface area contributed by atoms with Gasteiger partial charge in [0.05, 0.1) is 27.4 Å². The Balaban J connectivity index is 1.66. The van der Waals surface area contributed by atoms with E-state index in [0.717, 1.165) is 21.5 Å². The molecule has 4 nitrogen and oxygen atoms in total. The number of carbonyl (C=O) groups is 1. The van der Waals surface area contributed by atoms with Crippen LogP contribution in [0.3, 0.4) is 0 Å². The van der Waals surface area contributed by atoms with Crippen LogP contribution < -0.4 is 5.32 Å². The quantitative estimate of drug-likeness (QED) is 0.467. The number of aryl methyl sites for hydroxylation is 1. The van der Waals surface area contributed by atoms with Gasteiger partial charge in [-0.25, -0.2) is 9.97 Å². The zero-order valence-corrected chi connectivity index (χ0v) is 16.6. The first-order valence-electron chi connectivity index (χ1n) is 8.04. The Kier molecular flexibility index (Phi) is 6.01. The number of hydrogen-bond donors (Lipinski definition) is 1. The second-order valence-electron chi connectivity index (χ2n) is 5.84. The molecule has 134 valence electrons. The molecule has 3 rings (SSSR count). The van der Waals surface area contributed by atoms with Crippen LogP contribution >= 0.6 is 35.0 Å². The van der Waals surface area contributed by atoms with E-state index in [-0.39, 0.29) is 17.7 Å². The fraction of sp³-hybridized carbons (Fsp3) is 0.211. The van der Waals surface area contributed by atoms with E-state index in [9.17, 15) is 4.79 Å². The van der Waals surface area contributed by atoms with Crippen molar-refractivity contribution in [2.45, 2.75) is 24.9 Å². The number of benzene rings is 2. The maximum Gasteiger partial charge on any atom is 0.230 e. The summed E-state index contributed by atoms with van der Waals surface area (Å²) < 4.78 is 0. The lowest BCUT2D eigenvalue weighted by Gasteiger charge is -2.15. The lowest BCUT2D eigenvalue weighted by atomic mass is 10.1. The van der Waals surface area contributed by atoms with Gasteiger partial charge in [0.15, 0.2) is 0 Å². The monoisotopic (exact) mass is 405 g/mol. The van der Waals surface area contributed by atoms with Crippen LogP contribution in [0.25, 0.3) is 10.9 Å². The number of rotatable bonds is 5. The number of thioether (sulfide) groups is 1. The highest BCUT2D eigenvalue weighted by Gasteiger charge is 2.13. The maximum atomic E-state index is 12.3. The van der Waals surface area contributed by atoms with Gasteiger partial charge in [-0.15, -0.1) is 0 Å². The Bertz CT molecular complexity index is 965. The van der Waals surface area contributed by atoms with Gasteiger partial charge in [-0.1, -0.05) is 59.2 Å². The molecule has 0 spiro atoms. The molecule has 0 radical (unpaired) electrons. The molecule has 26 heavy (non-hydrogen) atoms. The lowest BCUT2D eigenvalue weighted by Crippen LogP contribution is -2.28. The van der Waals surface area contributed by atoms with Gasteiger partial charge in [0.25, 0.3) is 0 Å². The van der Waals surface area contributed by atoms with Crippen LogP contribution in [0.1, 0.15) is 24.4 Å². The number of nitrogens with one attached hydrogen (secondary N) is 1. The van der Waals surface area contributed by atoms with E-state index in [1.54, 1.807) is 12.1 Å². The molecule has 1 aromatic heterocycles. The molecular formula is C19H17Cl2N3OS. The highest BCUT2D eigenvalue weighted by Crippen LogP contribution is 2.27. The standard InChI is InChI=1S/C19H17Cl2N3OS/c1-11(13-7-8-15(20)16(21)9-13)22-18(25)10-26-19-14-5-3-4-6-17(14)23-12(2)24-19/h3-9,11H,10H2,1-2H3,(H,22,25). The summed E-state index contributed by atoms with van der Waals surface area (Å²) in [5.74, 6) is 0.885. The lowest BCUT2D eigenvalue weighted by molar-refractivity contribution is -0.119. The van der Waals surface area contributed by atoms with Gasteiger partial charge in [-0.05, 0) is 37.6 Å². The van der Waals surface area contributed by atoms with Gasteiger partial charge in [0, 0.05) is 5.39 Å². The summed E-state index contributed by atoms with van der Waals surface area (Å²) in [6, 6.07) is 13.0. The topological polar surface area (TPSA) is 54.9 Å². The highest BCUT2D eigenvalue weighted by atomic mass is 35.5. The largest absolute Gasteiger partial charge is 0.349 e. The van der Waals surface area contributed by atoms with Crippen LogP contribution in [0.15, 0.2) is 47.5 Å². The number of nitrogens with zero attached hydrogens (tertiary/aromatic N) is 2. The Hall–Kier alpha value is -1.82. The summed E-state index contributed by atoms with van der Waals surface area (Å²) in [5.41, 5.74) is 1.79. The van der Waals surface area contributed by atoms with E-state index >= 15 is 0 Å². The van der Waals surface area contributed by atoms with Crippen molar-refractivity contribution in [3.8, 4) is 0 Å². The fourth-order valence-corrected chi connectivity index (χ4v) is 3.73. The number of fused-ring (bicyclic) bond motifs is 1. The zero-order valence-electron chi connectivity index (χ0n) is 14.3. The average Bonchev–Trinajstić information content (AvgIpc) is 2.61. The summed E-state index contributed by atoms with van der Waals surface area (Å²) in [4.78, 5) is 21.2. The van der Waals surface area contributed by atoms with E-state index in [2.05, 4.69) is 15.3 Å². The van der Waals surface area contributed by atoms with Crippen molar-refractivity contribution in [1.29, 1.82) is 0 Å². The molecule has 7 heteroatoms. The number of carbonyl (C=O) groups excluding carboxylic acids is 1. The minimum atomic E-state index is -0.165. The van der Waals surface area contributed by atoms with Crippen molar-refractivity contribution in [3.63, 3.8) is 0 Å². The van der Waals surface area contributed by atoms with Crippen LogP contribution in [0.5, 0.6) is 0 Å². The van der Waals surface area contributed by atoms with Gasteiger partial charge < -0.3 is 5.32 Å². The summed E-state index contributed by atoms with van der Waals surface area (Å²) in [5, 5.41) is 5.70. The minimum absolute atomic E-state index is 0.0751. The molecule has 1 unspecified atom stereocenters. The molecule has 0 aliphatic heterocycles. The van der Waals surface area contributed by atoms with Gasteiger partial charge in [0.2, 0.25) is 5.91 Å². The van der Waals surface area contributed by atoms with E-state index in [1.807, 2.05) is 44.2 Å². The molecule has 0 bridgehead atoms. The first kappa shape index (κ1) is 19.0. The smallest absolute Gasteiger partial charge is 0.230 e. The molecule has 0 saturated heterocycles. The van der Waals surface area contributed by atoms with Gasteiger partial charge >= 0.3 is 0 Å². The van der Waals surface area contributed by atoms with Crippen molar-refractivity contribution in [2.24, 2.45) is 0 Å². The van der Waals surface area contributed by atoms with Crippen molar-refractivity contribution in [2.75, 3.05) is 5.75 Å². The zero-order chi connectivity index (χ0) is 18.7. The second kappa shape index (κ2) is 8.25. The predicted molar refractivity (Wildman–Crippen MR) is 108 cm³/mol. The van der Waals surface area contributed by atoms with Gasteiger partial charge in [0.1, 0.15) is 10.9 Å². The van der Waals surface area contributed by atoms with E-state index in [1.165, 1.54) is 11.8 Å². The number of halogens is 2. The number of hydrogen-bond acceptors (Lipinski definition) is 4. The molecule has 0 aliphatic carbocycles. The van der Waals surface area contributed by atoms with Gasteiger partial charge in [-0.3, -0.25) is 4.79 Å². The Morgan fingerprint density at radius 2 is 1.92 bits per heavy atom. The Morgan fingerprint density at radius 3 is 2.69 bits per heavy atom. The normalized spacial score (nSPS) is 12.2. The number of aromatic nitrogens is 2. The highest BCUT2D eigenvalue weighted by molar-refractivity contribution is 8.00. The molecule has 0 fully saturated rings. The molecule has 3 aromatic rings. The molecule has 1 heterocycles. The van der Waals surface area contributed by atoms with Crippen molar-refractivity contribution < 1.29 is 4.79 Å². The molecule has 2 aromatic carbocycles. The molecule has 1 amide bonds. The van der Waals surface area contributed by atoms with Crippen LogP contribution in [0, 0.1) is 6.92 Å². The third-order valence-electron chi connectivity index (χ3n) is 3.84. The minimum Gasteiger partial charge on any atom is -0.349 e. The summed E-state index contributed by atoms with van der Waals surface area (Å²) in [6.07, 6.45) is 0. The van der Waals surface area contributed by atoms with E-state index in [0.29, 0.717) is 15.9 Å². The van der Waals surface area contributed by atoms with Crippen molar-refractivity contribution >= 4 is 51.8 Å². The van der Waals surface area contributed by atoms with E-state index < -0.39 is 0 Å². The molecular weight excluding hydrogens is 389 g/mol.